The number of nitriles is 1. The quantitative estimate of drug-likeness (QED) is 0.655. The monoisotopic (exact) mass is 366 g/mol. The van der Waals surface area contributed by atoms with Crippen LogP contribution in [0.2, 0.25) is 5.02 Å². The molecule has 0 saturated carbocycles. The van der Waals surface area contributed by atoms with Crippen molar-refractivity contribution < 1.29 is 4.74 Å². The zero-order valence-electron chi connectivity index (χ0n) is 14.1. The Bertz CT molecular complexity index is 991. The minimum absolute atomic E-state index is 0.209. The highest BCUT2D eigenvalue weighted by Gasteiger charge is 2.08. The maximum atomic E-state index is 9.16. The molecule has 0 bridgehead atoms. The third kappa shape index (κ3) is 3.99. The van der Waals surface area contributed by atoms with Crippen LogP contribution >= 0.6 is 11.6 Å². The lowest BCUT2D eigenvalue weighted by Crippen LogP contribution is -1.94. The van der Waals surface area contributed by atoms with E-state index in [1.165, 1.54) is 6.20 Å². The lowest BCUT2D eigenvalue weighted by molar-refractivity contribution is 0.479. The largest absolute Gasteiger partial charge is 0.456 e. The molecule has 0 radical (unpaired) electrons. The average molecular weight is 367 g/mol. The number of hydrogen-bond donors (Lipinski definition) is 2. The molecule has 1 aromatic heterocycles. The van der Waals surface area contributed by atoms with E-state index in [1.807, 2.05) is 38.1 Å². The van der Waals surface area contributed by atoms with E-state index in [-0.39, 0.29) is 11.4 Å². The summed E-state index contributed by atoms with van der Waals surface area (Å²) in [6, 6.07) is 13.3. The van der Waals surface area contributed by atoms with Gasteiger partial charge in [-0.05, 0) is 54.5 Å². The van der Waals surface area contributed by atoms with Crippen LogP contribution in [0.1, 0.15) is 17.0 Å². The molecule has 7 nitrogen and oxygen atoms in total. The number of hydrogen-bond acceptors (Lipinski definition) is 6. The van der Waals surface area contributed by atoms with Gasteiger partial charge >= 0.3 is 0 Å². The first-order valence-corrected chi connectivity index (χ1v) is 8.10. The Hall–Kier alpha value is -3.37. The molecule has 8 heteroatoms. The molecule has 0 saturated heterocycles. The van der Waals surface area contributed by atoms with Crippen LogP contribution in [0, 0.1) is 25.2 Å². The highest BCUT2D eigenvalue weighted by molar-refractivity contribution is 6.32. The van der Waals surface area contributed by atoms with E-state index in [4.69, 9.17) is 21.6 Å². The fraction of sp³-hybridized carbons (Fsp3) is 0.111. The van der Waals surface area contributed by atoms with Crippen molar-refractivity contribution in [3.63, 3.8) is 0 Å². The summed E-state index contributed by atoms with van der Waals surface area (Å²) in [4.78, 5) is 0. The minimum atomic E-state index is 0.209. The van der Waals surface area contributed by atoms with Crippen molar-refractivity contribution in [2.75, 3.05) is 5.32 Å². The summed E-state index contributed by atoms with van der Waals surface area (Å²) >= 11 is 6.33. The highest BCUT2D eigenvalue weighted by Crippen LogP contribution is 2.33. The number of aryl methyl sites for hydroxylation is 2. The lowest BCUT2D eigenvalue weighted by Gasteiger charge is -2.12. The molecule has 2 aromatic carbocycles. The van der Waals surface area contributed by atoms with E-state index in [1.54, 1.807) is 18.2 Å². The fourth-order valence-electron chi connectivity index (χ4n) is 2.19. The number of nitrogens with one attached hydrogen (secondary N) is 2. The molecule has 0 aliphatic heterocycles. The molecule has 0 spiro atoms. The van der Waals surface area contributed by atoms with Gasteiger partial charge in [0.15, 0.2) is 0 Å². The lowest BCUT2D eigenvalue weighted by atomic mass is 10.1. The molecule has 3 aromatic rings. The van der Waals surface area contributed by atoms with Crippen LogP contribution in [0.3, 0.4) is 0 Å². The predicted octanol–water partition coefficient (Wildman–Crippen LogP) is 4.24. The smallest absolute Gasteiger partial charge is 0.216 e. The Morgan fingerprint density at radius 2 is 2.08 bits per heavy atom. The Morgan fingerprint density at radius 3 is 2.77 bits per heavy atom. The van der Waals surface area contributed by atoms with Crippen LogP contribution in [-0.4, -0.2) is 20.6 Å². The Labute approximate surface area is 155 Å². The molecule has 0 fully saturated rings. The summed E-state index contributed by atoms with van der Waals surface area (Å²) in [7, 11) is 0. The van der Waals surface area contributed by atoms with Crippen LogP contribution < -0.4 is 10.1 Å². The van der Waals surface area contributed by atoms with Gasteiger partial charge in [-0.3, -0.25) is 0 Å². The second-order valence-electron chi connectivity index (χ2n) is 5.57. The standard InChI is InChI=1S/C18H15ClN6O/c1-11-3-4-12(2)17(7-11)26-16-6-5-14(8-15(16)19)21-10-13(9-20)18-22-24-25-23-18/h3-8,10,21H,1-2H3,(H,22,23,24,25). The summed E-state index contributed by atoms with van der Waals surface area (Å²) in [5.74, 6) is 1.52. The molecule has 26 heavy (non-hydrogen) atoms. The minimum Gasteiger partial charge on any atom is -0.456 e. The normalized spacial score (nSPS) is 11.1. The predicted molar refractivity (Wildman–Crippen MR) is 98.8 cm³/mol. The van der Waals surface area contributed by atoms with E-state index < -0.39 is 0 Å². The molecular weight excluding hydrogens is 352 g/mol. The Kier molecular flexibility index (Phi) is 5.15. The van der Waals surface area contributed by atoms with Gasteiger partial charge in [-0.1, -0.05) is 23.7 Å². The number of nitrogens with zero attached hydrogens (tertiary/aromatic N) is 4. The fourth-order valence-corrected chi connectivity index (χ4v) is 2.41. The van der Waals surface area contributed by atoms with Crippen molar-refractivity contribution in [2.45, 2.75) is 13.8 Å². The van der Waals surface area contributed by atoms with Gasteiger partial charge in [-0.25, -0.2) is 0 Å². The second kappa shape index (κ2) is 7.68. The number of rotatable bonds is 5. The summed E-state index contributed by atoms with van der Waals surface area (Å²) < 4.78 is 5.92. The Balaban J connectivity index is 1.77. The highest BCUT2D eigenvalue weighted by atomic mass is 35.5. The second-order valence-corrected chi connectivity index (χ2v) is 5.97. The number of aromatic nitrogens is 4. The van der Waals surface area contributed by atoms with Gasteiger partial charge in [0.2, 0.25) is 5.82 Å². The first-order valence-electron chi connectivity index (χ1n) is 7.72. The number of halogens is 1. The topological polar surface area (TPSA) is 99.5 Å². The van der Waals surface area contributed by atoms with Gasteiger partial charge in [0, 0.05) is 11.9 Å². The van der Waals surface area contributed by atoms with Crippen LogP contribution in [-0.2, 0) is 0 Å². The van der Waals surface area contributed by atoms with E-state index in [9.17, 15) is 0 Å². The Morgan fingerprint density at radius 1 is 1.23 bits per heavy atom. The van der Waals surface area contributed by atoms with E-state index in [2.05, 4.69) is 25.9 Å². The van der Waals surface area contributed by atoms with Crippen LogP contribution in [0.4, 0.5) is 5.69 Å². The number of benzene rings is 2. The van der Waals surface area contributed by atoms with Gasteiger partial charge in [0.1, 0.15) is 23.1 Å². The van der Waals surface area contributed by atoms with Crippen molar-refractivity contribution in [1.29, 1.82) is 5.26 Å². The summed E-state index contributed by atoms with van der Waals surface area (Å²) in [5.41, 5.74) is 3.07. The third-order valence-electron chi connectivity index (χ3n) is 3.59. The van der Waals surface area contributed by atoms with Gasteiger partial charge in [0.05, 0.1) is 5.02 Å². The van der Waals surface area contributed by atoms with Crippen LogP contribution in [0.25, 0.3) is 5.57 Å². The zero-order valence-corrected chi connectivity index (χ0v) is 14.9. The zero-order chi connectivity index (χ0) is 18.5. The number of anilines is 1. The first kappa shape index (κ1) is 17.5. The van der Waals surface area contributed by atoms with E-state index >= 15 is 0 Å². The third-order valence-corrected chi connectivity index (χ3v) is 3.88. The van der Waals surface area contributed by atoms with Crippen molar-refractivity contribution >= 4 is 22.9 Å². The maximum Gasteiger partial charge on any atom is 0.216 e. The van der Waals surface area contributed by atoms with Crippen molar-refractivity contribution in [3.8, 4) is 17.6 Å². The molecule has 1 heterocycles. The van der Waals surface area contributed by atoms with Gasteiger partial charge < -0.3 is 10.1 Å². The molecule has 0 aliphatic rings. The molecule has 130 valence electrons. The number of allylic oxidation sites excluding steroid dienone is 1. The summed E-state index contributed by atoms with van der Waals surface area (Å²) in [6.45, 7) is 3.98. The van der Waals surface area contributed by atoms with Crippen molar-refractivity contribution in [3.05, 3.63) is 64.6 Å². The number of aromatic amines is 1. The first-order chi connectivity index (χ1) is 12.6. The molecule has 0 unspecified atom stereocenters. The number of tetrazole rings is 1. The number of H-pyrrole nitrogens is 1. The molecule has 3 rings (SSSR count). The van der Waals surface area contributed by atoms with Gasteiger partial charge in [0.25, 0.3) is 0 Å². The SMILES string of the molecule is Cc1ccc(C)c(Oc2ccc(NC=C(C#N)c3nn[nH]n3)cc2Cl)c1. The van der Waals surface area contributed by atoms with Crippen molar-refractivity contribution in [1.82, 2.24) is 20.6 Å². The average Bonchev–Trinajstić information content (AvgIpc) is 3.15. The van der Waals surface area contributed by atoms with E-state index in [0.29, 0.717) is 16.5 Å². The van der Waals surface area contributed by atoms with Crippen LogP contribution in [0.15, 0.2) is 42.6 Å². The molecule has 0 atom stereocenters. The number of ether oxygens (including phenoxy) is 1. The summed E-state index contributed by atoms with van der Waals surface area (Å²) in [5, 5.41) is 25.9. The molecule has 2 N–H and O–H groups in total. The summed E-state index contributed by atoms with van der Waals surface area (Å²) in [6.07, 6.45) is 1.49. The van der Waals surface area contributed by atoms with Crippen LogP contribution in [0.5, 0.6) is 11.5 Å². The van der Waals surface area contributed by atoms with E-state index in [0.717, 1.165) is 16.9 Å². The molecule has 0 aliphatic carbocycles. The van der Waals surface area contributed by atoms with Crippen molar-refractivity contribution in [2.24, 2.45) is 0 Å². The van der Waals surface area contributed by atoms with Gasteiger partial charge in [-0.15, -0.1) is 10.2 Å². The van der Waals surface area contributed by atoms with Gasteiger partial charge in [-0.2, -0.15) is 10.5 Å². The molecule has 0 amide bonds. The molecular formula is C18H15ClN6O. The maximum absolute atomic E-state index is 9.16.